The van der Waals surface area contributed by atoms with Gasteiger partial charge in [0.25, 0.3) is 0 Å². The number of nitrogens with zero attached hydrogens (tertiary/aromatic N) is 3. The Balaban J connectivity index is 1.41. The molecular formula is C35H19N3O. The van der Waals surface area contributed by atoms with E-state index in [4.69, 9.17) is 14.4 Å². The van der Waals surface area contributed by atoms with E-state index in [0.717, 1.165) is 71.5 Å². The standard InChI is InChI=1S/C35H19N3O/c36-19-21-10-14-31-28(16-21)29-17-23(12-15-32(29)39-31)24-11-13-27-30(18-24)38-34(22-6-2-1-3-7-22)35-33(27)26-9-5-4-8-25(26)20-37-35/h1-18,20H. The van der Waals surface area contributed by atoms with E-state index in [0.29, 0.717) is 5.56 Å². The predicted octanol–water partition coefficient (Wildman–Crippen LogP) is 9.04. The molecule has 0 radical (unpaired) electrons. The maximum Gasteiger partial charge on any atom is 0.135 e. The number of rotatable bonds is 2. The topological polar surface area (TPSA) is 62.7 Å². The Kier molecular flexibility index (Phi) is 4.55. The average Bonchev–Trinajstić information content (AvgIpc) is 3.37. The largest absolute Gasteiger partial charge is 0.456 e. The van der Waals surface area contributed by atoms with Gasteiger partial charge in [0, 0.05) is 38.7 Å². The third-order valence-electron chi connectivity index (χ3n) is 7.50. The minimum atomic E-state index is 0.617. The zero-order chi connectivity index (χ0) is 25.9. The van der Waals surface area contributed by atoms with Crippen molar-refractivity contribution >= 4 is 54.5 Å². The molecular weight excluding hydrogens is 478 g/mol. The molecule has 0 N–H and O–H groups in total. The first-order valence-electron chi connectivity index (χ1n) is 12.8. The van der Waals surface area contributed by atoms with Crippen LogP contribution in [-0.4, -0.2) is 9.97 Å². The maximum absolute atomic E-state index is 9.39. The van der Waals surface area contributed by atoms with Gasteiger partial charge in [-0.1, -0.05) is 72.8 Å². The normalized spacial score (nSPS) is 11.6. The van der Waals surface area contributed by atoms with Crippen molar-refractivity contribution in [2.75, 3.05) is 0 Å². The predicted molar refractivity (Wildman–Crippen MR) is 157 cm³/mol. The molecule has 0 aliphatic rings. The second-order valence-electron chi connectivity index (χ2n) is 9.76. The van der Waals surface area contributed by atoms with Crippen LogP contribution < -0.4 is 0 Å². The highest BCUT2D eigenvalue weighted by Crippen LogP contribution is 2.38. The molecule has 0 aliphatic carbocycles. The molecule has 4 nitrogen and oxygen atoms in total. The summed E-state index contributed by atoms with van der Waals surface area (Å²) in [7, 11) is 0. The van der Waals surface area contributed by atoms with E-state index in [-0.39, 0.29) is 0 Å². The SMILES string of the molecule is N#Cc1ccc2oc3ccc(-c4ccc5c(c4)nc(-c4ccccc4)c4ncc6ccccc6c45)cc3c2c1. The number of furan rings is 1. The number of fused-ring (bicyclic) bond motifs is 8. The first-order valence-corrected chi connectivity index (χ1v) is 12.8. The third-order valence-corrected chi connectivity index (χ3v) is 7.50. The van der Waals surface area contributed by atoms with Gasteiger partial charge in [0.2, 0.25) is 0 Å². The fourth-order valence-corrected chi connectivity index (χ4v) is 5.63. The van der Waals surface area contributed by atoms with Crippen LogP contribution in [0, 0.1) is 11.3 Å². The van der Waals surface area contributed by atoms with Crippen LogP contribution in [0.5, 0.6) is 0 Å². The molecule has 0 bridgehead atoms. The summed E-state index contributed by atoms with van der Waals surface area (Å²) in [6, 6.07) is 39.1. The van der Waals surface area contributed by atoms with Crippen LogP contribution >= 0.6 is 0 Å². The summed E-state index contributed by atoms with van der Waals surface area (Å²) in [5.74, 6) is 0. The summed E-state index contributed by atoms with van der Waals surface area (Å²) >= 11 is 0. The average molecular weight is 498 g/mol. The van der Waals surface area contributed by atoms with E-state index in [9.17, 15) is 5.26 Å². The van der Waals surface area contributed by atoms with Crippen LogP contribution in [0.4, 0.5) is 0 Å². The minimum absolute atomic E-state index is 0.617. The minimum Gasteiger partial charge on any atom is -0.456 e. The van der Waals surface area contributed by atoms with Crippen LogP contribution in [0.2, 0.25) is 0 Å². The molecule has 0 spiro atoms. The summed E-state index contributed by atoms with van der Waals surface area (Å²) in [5, 5.41) is 15.8. The summed E-state index contributed by atoms with van der Waals surface area (Å²) in [5.41, 5.74) is 8.06. The Morgan fingerprint density at radius 3 is 2.23 bits per heavy atom. The van der Waals surface area contributed by atoms with Crippen LogP contribution in [0.1, 0.15) is 5.56 Å². The van der Waals surface area contributed by atoms with Crippen molar-refractivity contribution in [3.8, 4) is 28.5 Å². The summed E-state index contributed by atoms with van der Waals surface area (Å²) in [6.45, 7) is 0. The Labute approximate surface area is 223 Å². The number of nitriles is 1. The molecule has 0 fully saturated rings. The molecule has 0 aliphatic heterocycles. The second-order valence-corrected chi connectivity index (χ2v) is 9.76. The number of aromatic nitrogens is 2. The molecule has 3 aromatic heterocycles. The maximum atomic E-state index is 9.39. The first kappa shape index (κ1) is 21.5. The fourth-order valence-electron chi connectivity index (χ4n) is 5.63. The van der Waals surface area contributed by atoms with Gasteiger partial charge in [0.15, 0.2) is 0 Å². The molecule has 0 amide bonds. The molecule has 0 saturated carbocycles. The van der Waals surface area contributed by atoms with Crippen molar-refractivity contribution in [3.05, 3.63) is 121 Å². The Bertz CT molecular complexity index is 2290. The van der Waals surface area contributed by atoms with Crippen molar-refractivity contribution in [2.24, 2.45) is 0 Å². The Hall–Kier alpha value is -5.53. The number of hydrogen-bond acceptors (Lipinski definition) is 4. The molecule has 0 atom stereocenters. The van der Waals surface area contributed by atoms with Gasteiger partial charge >= 0.3 is 0 Å². The van der Waals surface area contributed by atoms with Gasteiger partial charge in [-0.2, -0.15) is 5.26 Å². The highest BCUT2D eigenvalue weighted by molar-refractivity contribution is 6.21. The van der Waals surface area contributed by atoms with Crippen LogP contribution in [0.3, 0.4) is 0 Å². The van der Waals surface area contributed by atoms with Crippen molar-refractivity contribution in [2.45, 2.75) is 0 Å². The summed E-state index contributed by atoms with van der Waals surface area (Å²) in [6.07, 6.45) is 1.94. The molecule has 8 rings (SSSR count). The quantitative estimate of drug-likeness (QED) is 0.224. The van der Waals surface area contributed by atoms with Gasteiger partial charge in [0.1, 0.15) is 11.2 Å². The van der Waals surface area contributed by atoms with Crippen LogP contribution in [0.25, 0.3) is 76.9 Å². The smallest absolute Gasteiger partial charge is 0.135 e. The number of hydrogen-bond donors (Lipinski definition) is 0. The molecule has 0 unspecified atom stereocenters. The van der Waals surface area contributed by atoms with E-state index >= 15 is 0 Å². The fraction of sp³-hybridized carbons (Fsp3) is 0. The van der Waals surface area contributed by atoms with Gasteiger partial charge in [-0.05, 0) is 52.9 Å². The Morgan fingerprint density at radius 1 is 0.615 bits per heavy atom. The highest BCUT2D eigenvalue weighted by atomic mass is 16.3. The van der Waals surface area contributed by atoms with E-state index in [1.807, 2.05) is 48.7 Å². The molecule has 3 heterocycles. The zero-order valence-electron chi connectivity index (χ0n) is 20.7. The van der Waals surface area contributed by atoms with E-state index in [1.54, 1.807) is 6.07 Å². The number of pyridine rings is 2. The molecule has 39 heavy (non-hydrogen) atoms. The summed E-state index contributed by atoms with van der Waals surface area (Å²) in [4.78, 5) is 10.1. The molecule has 4 heteroatoms. The van der Waals surface area contributed by atoms with Crippen LogP contribution in [-0.2, 0) is 0 Å². The lowest BCUT2D eigenvalue weighted by Crippen LogP contribution is -1.93. The zero-order valence-corrected chi connectivity index (χ0v) is 20.7. The van der Waals surface area contributed by atoms with Gasteiger partial charge in [0.05, 0.1) is 28.4 Å². The van der Waals surface area contributed by atoms with E-state index in [2.05, 4.69) is 66.7 Å². The van der Waals surface area contributed by atoms with E-state index in [1.165, 1.54) is 5.39 Å². The molecule has 5 aromatic carbocycles. The lowest BCUT2D eigenvalue weighted by atomic mass is 9.96. The lowest BCUT2D eigenvalue weighted by molar-refractivity contribution is 0.669. The van der Waals surface area contributed by atoms with Gasteiger partial charge in [-0.15, -0.1) is 0 Å². The second kappa shape index (κ2) is 8.24. The van der Waals surface area contributed by atoms with E-state index < -0.39 is 0 Å². The Morgan fingerprint density at radius 2 is 1.36 bits per heavy atom. The molecule has 180 valence electrons. The van der Waals surface area contributed by atoms with Crippen molar-refractivity contribution < 1.29 is 4.42 Å². The summed E-state index contributed by atoms with van der Waals surface area (Å²) < 4.78 is 6.04. The molecule has 0 saturated heterocycles. The molecule has 8 aromatic rings. The van der Waals surface area contributed by atoms with Gasteiger partial charge < -0.3 is 4.42 Å². The van der Waals surface area contributed by atoms with Crippen LogP contribution in [0.15, 0.2) is 120 Å². The highest BCUT2D eigenvalue weighted by Gasteiger charge is 2.16. The van der Waals surface area contributed by atoms with Crippen molar-refractivity contribution in [1.82, 2.24) is 9.97 Å². The number of benzene rings is 5. The van der Waals surface area contributed by atoms with Crippen molar-refractivity contribution in [1.29, 1.82) is 5.26 Å². The lowest BCUT2D eigenvalue weighted by Gasteiger charge is -2.13. The van der Waals surface area contributed by atoms with Gasteiger partial charge in [-0.25, -0.2) is 4.98 Å². The monoisotopic (exact) mass is 497 g/mol. The first-order chi connectivity index (χ1) is 19.3. The van der Waals surface area contributed by atoms with Gasteiger partial charge in [-0.3, -0.25) is 4.98 Å². The van der Waals surface area contributed by atoms with Crippen molar-refractivity contribution in [3.63, 3.8) is 0 Å². The third kappa shape index (κ3) is 3.31.